The maximum atomic E-state index is 17.5. The van der Waals surface area contributed by atoms with E-state index in [2.05, 4.69) is 10.0 Å². The van der Waals surface area contributed by atoms with Crippen LogP contribution in [0.3, 0.4) is 0 Å². The predicted octanol–water partition coefficient (Wildman–Crippen LogP) is 4.40. The zero-order valence-electron chi connectivity index (χ0n) is 23.9. The molecule has 0 aromatic carbocycles. The summed E-state index contributed by atoms with van der Waals surface area (Å²) in [6.07, 6.45) is -0.259. The van der Waals surface area contributed by atoms with Crippen molar-refractivity contribution in [2.45, 2.75) is 108 Å². The molecule has 5 rings (SSSR count). The van der Waals surface area contributed by atoms with Crippen molar-refractivity contribution in [3.05, 3.63) is 34.2 Å². The number of allylic oxidation sites excluding steroid dienone is 4. The molecule has 0 radical (unpaired) electrons. The largest absolute Gasteiger partial charge is 0.457 e. The van der Waals surface area contributed by atoms with Gasteiger partial charge in [-0.25, -0.2) is 8.78 Å². The summed E-state index contributed by atoms with van der Waals surface area (Å²) in [4.78, 5) is 41.5. The van der Waals surface area contributed by atoms with Gasteiger partial charge < -0.3 is 19.3 Å². The lowest BCUT2D eigenvalue weighted by Gasteiger charge is -2.63. The van der Waals surface area contributed by atoms with Crippen molar-refractivity contribution in [2.24, 2.45) is 27.8 Å². The number of hydrogen-bond donors (Lipinski definition) is 1. The van der Waals surface area contributed by atoms with Gasteiger partial charge in [0.15, 0.2) is 29.9 Å². The number of hydrogen-bond acceptors (Lipinski definition) is 8. The van der Waals surface area contributed by atoms with E-state index in [1.54, 1.807) is 6.92 Å². The molecule has 1 N–H and O–H groups in total. The Hall–Kier alpha value is -2.66. The van der Waals surface area contributed by atoms with E-state index >= 15 is 8.78 Å². The number of esters is 1. The van der Waals surface area contributed by atoms with Crippen LogP contribution in [-0.2, 0) is 28.6 Å². The molecule has 0 spiro atoms. The molecule has 3 saturated carbocycles. The van der Waals surface area contributed by atoms with Gasteiger partial charge in [0.2, 0.25) is 5.78 Å². The van der Waals surface area contributed by atoms with Crippen molar-refractivity contribution in [1.82, 2.24) is 0 Å². The van der Waals surface area contributed by atoms with Gasteiger partial charge in [0.1, 0.15) is 11.7 Å². The summed E-state index contributed by atoms with van der Waals surface area (Å²) in [5, 5.41) is 15.0. The van der Waals surface area contributed by atoms with Crippen LogP contribution in [0.15, 0.2) is 28.9 Å². The third kappa shape index (κ3) is 3.90. The lowest BCUT2D eigenvalue weighted by atomic mass is 9.44. The van der Waals surface area contributed by atoms with Crippen molar-refractivity contribution < 1.29 is 42.5 Å². The van der Waals surface area contributed by atoms with Crippen LogP contribution in [0.5, 0.6) is 0 Å². The van der Waals surface area contributed by atoms with Gasteiger partial charge in [0, 0.05) is 21.7 Å². The number of azide groups is 1. The van der Waals surface area contributed by atoms with Crippen molar-refractivity contribution in [3.8, 4) is 0 Å². The normalized spacial score (nSPS) is 44.6. The molecule has 0 aromatic heterocycles. The topological polar surface area (TPSA) is 148 Å². The highest BCUT2D eigenvalue weighted by Crippen LogP contribution is 2.72. The van der Waals surface area contributed by atoms with Crippen LogP contribution in [0, 0.1) is 22.7 Å². The van der Waals surface area contributed by atoms with Gasteiger partial charge in [-0.15, -0.1) is 0 Å². The zero-order valence-corrected chi connectivity index (χ0v) is 23.9. The fraction of sp³-hybridized carbons (Fsp3) is 0.759. The number of aliphatic hydroxyl groups is 1. The van der Waals surface area contributed by atoms with E-state index < -0.39 is 88.3 Å². The molecule has 0 aromatic rings. The Balaban J connectivity index is 1.54. The first-order chi connectivity index (χ1) is 19.1. The second-order valence-electron chi connectivity index (χ2n) is 13.0. The monoisotopic (exact) mass is 577 g/mol. The minimum Gasteiger partial charge on any atom is -0.457 e. The van der Waals surface area contributed by atoms with Crippen LogP contribution >= 0.6 is 0 Å². The summed E-state index contributed by atoms with van der Waals surface area (Å²) < 4.78 is 51.2. The van der Waals surface area contributed by atoms with E-state index in [9.17, 15) is 19.5 Å². The van der Waals surface area contributed by atoms with Crippen LogP contribution in [0.25, 0.3) is 10.4 Å². The number of carbonyl (C=O) groups excluding carboxylic acids is 3. The molecule has 0 bridgehead atoms. The molecule has 10 atom stereocenters. The summed E-state index contributed by atoms with van der Waals surface area (Å²) in [5.74, 6) is -3.61. The van der Waals surface area contributed by atoms with Gasteiger partial charge in [-0.2, -0.15) is 0 Å². The highest BCUT2D eigenvalue weighted by molar-refractivity contribution is 6.01. The first-order valence-corrected chi connectivity index (χ1v) is 14.2. The van der Waals surface area contributed by atoms with Crippen molar-refractivity contribution in [1.29, 1.82) is 0 Å². The molecule has 4 fully saturated rings. The molecular weight excluding hydrogens is 540 g/mol. The fourth-order valence-electron chi connectivity index (χ4n) is 8.45. The van der Waals surface area contributed by atoms with Gasteiger partial charge in [0.25, 0.3) is 0 Å². The van der Waals surface area contributed by atoms with Gasteiger partial charge in [0.05, 0.1) is 12.2 Å². The second-order valence-corrected chi connectivity index (χ2v) is 13.0. The molecule has 224 valence electrons. The van der Waals surface area contributed by atoms with E-state index in [4.69, 9.17) is 19.7 Å². The number of carbonyl (C=O) groups is 3. The molecular formula is C29H37F2N3O7. The minimum atomic E-state index is -2.32. The SMILES string of the molecule is CCCC1O[C@@H]2C[C@H]3[C@@H]4C[C@H](F)C5=CC(=O)C=C[C@]5(C)[C@@]4(F)[C@@H](O)C[C@]3(C)[C@]2(C(=O)COC(=O)C(C)(C)N=[N+]=[N-])O1. The van der Waals surface area contributed by atoms with Crippen LogP contribution < -0.4 is 0 Å². The highest BCUT2D eigenvalue weighted by atomic mass is 19.1. The molecule has 1 aliphatic heterocycles. The first-order valence-electron chi connectivity index (χ1n) is 14.2. The Morgan fingerprint density at radius 3 is 2.66 bits per heavy atom. The van der Waals surface area contributed by atoms with E-state index in [0.29, 0.717) is 12.8 Å². The zero-order chi connectivity index (χ0) is 30.2. The Morgan fingerprint density at radius 1 is 1.29 bits per heavy atom. The Labute approximate surface area is 237 Å². The predicted molar refractivity (Wildman–Crippen MR) is 141 cm³/mol. The molecule has 5 aliphatic rings. The summed E-state index contributed by atoms with van der Waals surface area (Å²) in [5.41, 5.74) is 0.453. The molecule has 10 nitrogen and oxygen atoms in total. The van der Waals surface area contributed by atoms with Crippen LogP contribution in [0.4, 0.5) is 8.78 Å². The molecule has 4 aliphatic carbocycles. The van der Waals surface area contributed by atoms with Gasteiger partial charge in [-0.05, 0) is 75.6 Å². The molecule has 1 heterocycles. The Morgan fingerprint density at radius 2 is 2.00 bits per heavy atom. The number of ether oxygens (including phenoxy) is 3. The number of nitrogens with zero attached hydrogens (tertiary/aromatic N) is 3. The summed E-state index contributed by atoms with van der Waals surface area (Å²) in [7, 11) is 0. The Kier molecular flexibility index (Phi) is 7.05. The summed E-state index contributed by atoms with van der Waals surface area (Å²) >= 11 is 0. The first kappa shape index (κ1) is 29.8. The van der Waals surface area contributed by atoms with Crippen LogP contribution in [0.2, 0.25) is 0 Å². The fourth-order valence-corrected chi connectivity index (χ4v) is 8.45. The van der Waals surface area contributed by atoms with Crippen LogP contribution in [-0.4, -0.2) is 70.7 Å². The minimum absolute atomic E-state index is 0.0143. The highest BCUT2D eigenvalue weighted by Gasteiger charge is 2.80. The maximum Gasteiger partial charge on any atom is 0.317 e. The van der Waals surface area contributed by atoms with Crippen molar-refractivity contribution >= 4 is 17.5 Å². The third-order valence-electron chi connectivity index (χ3n) is 10.5. The maximum absolute atomic E-state index is 17.5. The number of ketones is 2. The number of aliphatic hydroxyl groups excluding tert-OH is 1. The van der Waals surface area contributed by atoms with Gasteiger partial charge >= 0.3 is 5.97 Å². The molecule has 12 heteroatoms. The summed E-state index contributed by atoms with van der Waals surface area (Å²) in [6, 6.07) is 0. The van der Waals surface area contributed by atoms with Crippen molar-refractivity contribution in [3.63, 3.8) is 0 Å². The number of rotatable bonds is 7. The number of fused-ring (bicyclic) bond motifs is 7. The molecule has 0 amide bonds. The summed E-state index contributed by atoms with van der Waals surface area (Å²) in [6.45, 7) is 7.17. The lowest BCUT2D eigenvalue weighted by molar-refractivity contribution is -0.235. The molecule has 41 heavy (non-hydrogen) atoms. The second kappa shape index (κ2) is 9.69. The lowest BCUT2D eigenvalue weighted by Crippen LogP contribution is -2.71. The Bertz CT molecular complexity index is 1280. The van der Waals surface area contributed by atoms with E-state index in [-0.39, 0.29) is 24.8 Å². The van der Waals surface area contributed by atoms with Crippen molar-refractivity contribution in [2.75, 3.05) is 6.61 Å². The van der Waals surface area contributed by atoms with E-state index in [0.717, 1.165) is 6.08 Å². The van der Waals surface area contributed by atoms with Crippen LogP contribution in [0.1, 0.15) is 66.7 Å². The third-order valence-corrected chi connectivity index (χ3v) is 10.5. The van der Waals surface area contributed by atoms with Gasteiger partial charge in [-0.1, -0.05) is 31.5 Å². The van der Waals surface area contributed by atoms with E-state index in [1.165, 1.54) is 32.9 Å². The average molecular weight is 578 g/mol. The van der Waals surface area contributed by atoms with E-state index in [1.807, 2.05) is 6.92 Å². The molecule has 1 unspecified atom stereocenters. The van der Waals surface area contributed by atoms with Gasteiger partial charge in [-0.3, -0.25) is 14.4 Å². The molecule has 1 saturated heterocycles. The number of halogens is 2. The number of alkyl halides is 2. The number of Topliss-reactive ketones (excluding diaryl/α,β-unsaturated/α-hetero) is 1. The quantitative estimate of drug-likeness (QED) is 0.204. The smallest absolute Gasteiger partial charge is 0.317 e. The standard InChI is InChI=1S/C29H37F2N3O7/c1-6-7-23-40-22-12-16-17-11-19(30)18-10-15(35)8-9-26(18,4)28(17,31)20(36)13-27(16,5)29(22,41-23)21(37)14-39-24(38)25(2,3)33-34-32/h8-10,16-17,19-20,22-23,36H,6-7,11-14H2,1-5H3/t16-,17-,19-,20-,22+,23?,26-,27-,28-,29+/m0/s1. The average Bonchev–Trinajstić information content (AvgIpc) is 3.38.